The van der Waals surface area contributed by atoms with Crippen LogP contribution in [0.2, 0.25) is 10.0 Å². The van der Waals surface area contributed by atoms with E-state index in [9.17, 15) is 9.59 Å². The number of thioether (sulfide) groups is 1. The second-order valence-corrected chi connectivity index (χ2v) is 8.07. The third kappa shape index (κ3) is 6.43. The summed E-state index contributed by atoms with van der Waals surface area (Å²) in [4.78, 5) is 28.2. The van der Waals surface area contributed by atoms with Gasteiger partial charge in [0.05, 0.1) is 5.75 Å². The Balaban J connectivity index is 2.23. The molecule has 1 N–H and O–H groups in total. The summed E-state index contributed by atoms with van der Waals surface area (Å²) < 4.78 is 0. The topological polar surface area (TPSA) is 49.4 Å². The molecule has 2 aromatic rings. The molecule has 1 atom stereocenters. The van der Waals surface area contributed by atoms with Crippen molar-refractivity contribution in [2.24, 2.45) is 0 Å². The van der Waals surface area contributed by atoms with E-state index in [1.54, 1.807) is 23.1 Å². The lowest BCUT2D eigenvalue weighted by Crippen LogP contribution is -2.49. The second kappa shape index (κ2) is 11.3. The first-order chi connectivity index (χ1) is 13.5. The molecule has 0 aliphatic rings. The largest absolute Gasteiger partial charge is 0.355 e. The number of hydrogen-bond donors (Lipinski definition) is 1. The maximum atomic E-state index is 13.1. The van der Waals surface area contributed by atoms with E-state index in [1.165, 1.54) is 11.8 Å². The van der Waals surface area contributed by atoms with Crippen LogP contribution in [0.1, 0.15) is 25.8 Å². The number of carbonyl (C=O) groups excluding carboxylic acids is 2. The highest BCUT2D eigenvalue weighted by molar-refractivity contribution is 8.00. The van der Waals surface area contributed by atoms with Crippen molar-refractivity contribution < 1.29 is 9.59 Å². The van der Waals surface area contributed by atoms with E-state index < -0.39 is 6.04 Å². The Morgan fingerprint density at radius 2 is 1.82 bits per heavy atom. The lowest BCUT2D eigenvalue weighted by Gasteiger charge is -2.30. The molecule has 0 aromatic heterocycles. The zero-order chi connectivity index (χ0) is 20.5. The number of nitrogens with one attached hydrogen (secondary N) is 1. The van der Waals surface area contributed by atoms with Crippen molar-refractivity contribution in [3.8, 4) is 0 Å². The summed E-state index contributed by atoms with van der Waals surface area (Å²) >= 11 is 13.7. The number of nitrogens with zero attached hydrogens (tertiary/aromatic N) is 1. The van der Waals surface area contributed by atoms with E-state index in [0.29, 0.717) is 23.0 Å². The molecule has 2 rings (SSSR count). The minimum absolute atomic E-state index is 0.113. The highest BCUT2D eigenvalue weighted by atomic mass is 35.5. The standard InChI is InChI=1S/C21H24Cl2N2O2S/c1-3-19(21(27)24-4-2)25(13-15-10-11-16(22)12-18(15)23)20(26)14-28-17-8-6-5-7-9-17/h5-12,19H,3-4,13-14H2,1-2H3,(H,24,27). The Hall–Kier alpha value is -1.69. The van der Waals surface area contributed by atoms with Gasteiger partial charge in [-0.25, -0.2) is 0 Å². The number of rotatable bonds is 9. The quantitative estimate of drug-likeness (QED) is 0.558. The molecule has 0 spiro atoms. The Morgan fingerprint density at radius 1 is 1.11 bits per heavy atom. The van der Waals surface area contributed by atoms with Gasteiger partial charge in [-0.3, -0.25) is 9.59 Å². The average molecular weight is 439 g/mol. The first-order valence-corrected chi connectivity index (χ1v) is 10.9. The molecule has 0 heterocycles. The van der Waals surface area contributed by atoms with E-state index in [2.05, 4.69) is 5.32 Å². The van der Waals surface area contributed by atoms with Crippen LogP contribution in [0.5, 0.6) is 0 Å². The normalized spacial score (nSPS) is 11.7. The fourth-order valence-corrected chi connectivity index (χ4v) is 4.06. The lowest BCUT2D eigenvalue weighted by molar-refractivity contribution is -0.139. The summed E-state index contributed by atoms with van der Waals surface area (Å²) in [5, 5.41) is 3.83. The monoisotopic (exact) mass is 438 g/mol. The first kappa shape index (κ1) is 22.6. The molecule has 0 aliphatic carbocycles. The number of benzene rings is 2. The van der Waals surface area contributed by atoms with Crippen molar-refractivity contribution in [1.82, 2.24) is 10.2 Å². The molecular formula is C21H24Cl2N2O2S. The highest BCUT2D eigenvalue weighted by Gasteiger charge is 2.28. The zero-order valence-electron chi connectivity index (χ0n) is 16.0. The number of hydrogen-bond acceptors (Lipinski definition) is 3. The van der Waals surface area contributed by atoms with E-state index in [4.69, 9.17) is 23.2 Å². The zero-order valence-corrected chi connectivity index (χ0v) is 18.3. The van der Waals surface area contributed by atoms with Crippen LogP contribution in [0.4, 0.5) is 0 Å². The molecule has 0 aliphatic heterocycles. The maximum Gasteiger partial charge on any atom is 0.242 e. The maximum absolute atomic E-state index is 13.1. The van der Waals surface area contributed by atoms with Gasteiger partial charge in [0.15, 0.2) is 0 Å². The predicted molar refractivity (Wildman–Crippen MR) is 117 cm³/mol. The second-order valence-electron chi connectivity index (χ2n) is 6.18. The van der Waals surface area contributed by atoms with Gasteiger partial charge in [0.2, 0.25) is 11.8 Å². The molecule has 4 nitrogen and oxygen atoms in total. The highest BCUT2D eigenvalue weighted by Crippen LogP contribution is 2.25. The molecule has 7 heteroatoms. The van der Waals surface area contributed by atoms with Crippen molar-refractivity contribution in [3.05, 3.63) is 64.1 Å². The molecule has 0 saturated heterocycles. The lowest BCUT2D eigenvalue weighted by atomic mass is 10.1. The van der Waals surface area contributed by atoms with Gasteiger partial charge in [-0.2, -0.15) is 0 Å². The number of halogens is 2. The van der Waals surface area contributed by atoms with Crippen LogP contribution in [-0.4, -0.2) is 35.1 Å². The summed E-state index contributed by atoms with van der Waals surface area (Å²) in [5.74, 6) is -0.0309. The van der Waals surface area contributed by atoms with Crippen LogP contribution < -0.4 is 5.32 Å². The number of carbonyl (C=O) groups is 2. The minimum Gasteiger partial charge on any atom is -0.355 e. The summed E-state index contributed by atoms with van der Waals surface area (Å²) in [7, 11) is 0. The molecule has 0 bridgehead atoms. The van der Waals surface area contributed by atoms with Gasteiger partial charge in [-0.05, 0) is 43.2 Å². The summed E-state index contributed by atoms with van der Waals surface area (Å²) in [6, 6.07) is 14.3. The van der Waals surface area contributed by atoms with Crippen LogP contribution in [0.15, 0.2) is 53.4 Å². The molecule has 2 aromatic carbocycles. The van der Waals surface area contributed by atoms with Gasteiger partial charge in [0, 0.05) is 28.0 Å². The van der Waals surface area contributed by atoms with Crippen LogP contribution in [-0.2, 0) is 16.1 Å². The van der Waals surface area contributed by atoms with Crippen molar-refractivity contribution in [2.75, 3.05) is 12.3 Å². The minimum atomic E-state index is -0.560. The summed E-state index contributed by atoms with van der Waals surface area (Å²) in [6.07, 6.45) is 0.513. The van der Waals surface area contributed by atoms with Gasteiger partial charge >= 0.3 is 0 Å². The fraction of sp³-hybridized carbons (Fsp3) is 0.333. The van der Waals surface area contributed by atoms with Crippen LogP contribution in [0.25, 0.3) is 0 Å². The van der Waals surface area contributed by atoms with E-state index in [1.807, 2.05) is 44.2 Å². The van der Waals surface area contributed by atoms with Crippen molar-refractivity contribution in [1.29, 1.82) is 0 Å². The van der Waals surface area contributed by atoms with Gasteiger partial charge in [0.1, 0.15) is 6.04 Å². The molecule has 28 heavy (non-hydrogen) atoms. The molecule has 2 amide bonds. The van der Waals surface area contributed by atoms with E-state index in [-0.39, 0.29) is 24.1 Å². The van der Waals surface area contributed by atoms with Crippen LogP contribution in [0.3, 0.4) is 0 Å². The molecule has 1 unspecified atom stereocenters. The van der Waals surface area contributed by atoms with Crippen molar-refractivity contribution >= 4 is 46.8 Å². The molecule has 0 saturated carbocycles. The van der Waals surface area contributed by atoms with Crippen molar-refractivity contribution in [3.63, 3.8) is 0 Å². The molecule has 0 radical (unpaired) electrons. The summed E-state index contributed by atoms with van der Waals surface area (Å²) in [5.41, 5.74) is 0.756. The Kier molecular flexibility index (Phi) is 9.16. The average Bonchev–Trinajstić information content (AvgIpc) is 2.68. The smallest absolute Gasteiger partial charge is 0.242 e. The van der Waals surface area contributed by atoms with Crippen molar-refractivity contribution in [2.45, 2.75) is 37.8 Å². The Labute approximate surface area is 180 Å². The number of likely N-dealkylation sites (N-methyl/N-ethyl adjacent to an activating group) is 1. The van der Waals surface area contributed by atoms with Gasteiger partial charge in [-0.15, -0.1) is 11.8 Å². The SMILES string of the molecule is CCNC(=O)C(CC)N(Cc1ccc(Cl)cc1Cl)C(=O)CSc1ccccc1. The van der Waals surface area contributed by atoms with Gasteiger partial charge < -0.3 is 10.2 Å². The third-order valence-corrected chi connectivity index (χ3v) is 5.78. The third-order valence-electron chi connectivity index (χ3n) is 4.20. The van der Waals surface area contributed by atoms with Crippen LogP contribution >= 0.6 is 35.0 Å². The molecule has 150 valence electrons. The number of amides is 2. The summed E-state index contributed by atoms with van der Waals surface area (Å²) in [6.45, 7) is 4.52. The Bertz CT molecular complexity index is 802. The molecular weight excluding hydrogens is 415 g/mol. The predicted octanol–water partition coefficient (Wildman–Crippen LogP) is 5.03. The van der Waals surface area contributed by atoms with E-state index in [0.717, 1.165) is 10.5 Å². The van der Waals surface area contributed by atoms with Gasteiger partial charge in [0.25, 0.3) is 0 Å². The fourth-order valence-electron chi connectivity index (χ4n) is 2.79. The van der Waals surface area contributed by atoms with Gasteiger partial charge in [-0.1, -0.05) is 54.4 Å². The Morgan fingerprint density at radius 3 is 2.43 bits per heavy atom. The van der Waals surface area contributed by atoms with E-state index >= 15 is 0 Å². The van der Waals surface area contributed by atoms with Crippen LogP contribution in [0, 0.1) is 0 Å². The molecule has 0 fully saturated rings. The first-order valence-electron chi connectivity index (χ1n) is 9.15.